The number of aromatic amines is 1. The predicted octanol–water partition coefficient (Wildman–Crippen LogP) is 1.95. The van der Waals surface area contributed by atoms with Crippen LogP contribution in [0.3, 0.4) is 0 Å². The van der Waals surface area contributed by atoms with Crippen molar-refractivity contribution in [1.82, 2.24) is 15.2 Å². The summed E-state index contributed by atoms with van der Waals surface area (Å²) in [6.07, 6.45) is 2.12. The number of nitrogens with zero attached hydrogens (tertiary/aromatic N) is 2. The van der Waals surface area contributed by atoms with Gasteiger partial charge in [0.25, 0.3) is 0 Å². The summed E-state index contributed by atoms with van der Waals surface area (Å²) >= 11 is 0. The molecule has 1 aromatic rings. The van der Waals surface area contributed by atoms with Crippen LogP contribution in [0.4, 0.5) is 0 Å². The van der Waals surface area contributed by atoms with E-state index in [2.05, 4.69) is 36.0 Å². The van der Waals surface area contributed by atoms with Gasteiger partial charge in [-0.15, -0.1) is 0 Å². The van der Waals surface area contributed by atoms with E-state index < -0.39 is 0 Å². The molecule has 2 rings (SSSR count). The van der Waals surface area contributed by atoms with Crippen molar-refractivity contribution in [3.05, 3.63) is 11.6 Å². The smallest absolute Gasteiger partial charge is 0.182 e. The van der Waals surface area contributed by atoms with E-state index in [0.717, 1.165) is 31.1 Å². The fourth-order valence-electron chi connectivity index (χ4n) is 1.72. The van der Waals surface area contributed by atoms with Crippen molar-refractivity contribution in [2.75, 3.05) is 6.61 Å². The Morgan fingerprint density at radius 1 is 1.50 bits per heavy atom. The molecule has 0 saturated carbocycles. The standard InChI is InChI=1S/C10H17N3O/c1-7(2)8-11-9(13-12-8)10(3)5-4-6-14-10/h7H,4-6H2,1-3H3,(H,11,12,13). The second kappa shape index (κ2) is 3.35. The number of aromatic nitrogens is 3. The summed E-state index contributed by atoms with van der Waals surface area (Å²) in [6, 6.07) is 0. The minimum atomic E-state index is -0.260. The number of rotatable bonds is 2. The minimum absolute atomic E-state index is 0.260. The number of nitrogens with one attached hydrogen (secondary N) is 1. The lowest BCUT2D eigenvalue weighted by atomic mass is 10.0. The third kappa shape index (κ3) is 1.54. The van der Waals surface area contributed by atoms with Crippen LogP contribution in [0.5, 0.6) is 0 Å². The van der Waals surface area contributed by atoms with Gasteiger partial charge in [-0.25, -0.2) is 4.98 Å². The van der Waals surface area contributed by atoms with Crippen LogP contribution in [0.2, 0.25) is 0 Å². The predicted molar refractivity (Wildman–Crippen MR) is 53.0 cm³/mol. The molecule has 1 fully saturated rings. The van der Waals surface area contributed by atoms with Gasteiger partial charge in [0.1, 0.15) is 11.4 Å². The second-order valence-electron chi connectivity index (χ2n) is 4.38. The molecule has 1 unspecified atom stereocenters. The number of hydrogen-bond donors (Lipinski definition) is 1. The maximum atomic E-state index is 5.67. The molecule has 0 aromatic carbocycles. The largest absolute Gasteiger partial charge is 0.367 e. The molecule has 0 amide bonds. The van der Waals surface area contributed by atoms with Gasteiger partial charge in [0, 0.05) is 12.5 Å². The zero-order chi connectivity index (χ0) is 10.2. The Morgan fingerprint density at radius 2 is 2.29 bits per heavy atom. The first-order chi connectivity index (χ1) is 6.62. The Morgan fingerprint density at radius 3 is 2.79 bits per heavy atom. The fraction of sp³-hybridized carbons (Fsp3) is 0.800. The first-order valence-corrected chi connectivity index (χ1v) is 5.18. The lowest BCUT2D eigenvalue weighted by Crippen LogP contribution is -2.21. The van der Waals surface area contributed by atoms with E-state index in [1.165, 1.54) is 0 Å². The molecular weight excluding hydrogens is 178 g/mol. The maximum absolute atomic E-state index is 5.67. The molecule has 0 radical (unpaired) electrons. The van der Waals surface area contributed by atoms with Crippen LogP contribution in [0.15, 0.2) is 0 Å². The monoisotopic (exact) mass is 195 g/mol. The van der Waals surface area contributed by atoms with Crippen molar-refractivity contribution in [2.24, 2.45) is 0 Å². The van der Waals surface area contributed by atoms with Crippen LogP contribution in [-0.2, 0) is 10.3 Å². The molecule has 4 nitrogen and oxygen atoms in total. The van der Waals surface area contributed by atoms with E-state index >= 15 is 0 Å². The van der Waals surface area contributed by atoms with Gasteiger partial charge >= 0.3 is 0 Å². The third-order valence-electron chi connectivity index (χ3n) is 2.74. The van der Waals surface area contributed by atoms with Gasteiger partial charge in [0.15, 0.2) is 5.82 Å². The topological polar surface area (TPSA) is 50.8 Å². The first kappa shape index (κ1) is 9.65. The molecule has 1 atom stereocenters. The van der Waals surface area contributed by atoms with Gasteiger partial charge < -0.3 is 4.74 Å². The quantitative estimate of drug-likeness (QED) is 0.784. The van der Waals surface area contributed by atoms with Crippen molar-refractivity contribution in [3.8, 4) is 0 Å². The van der Waals surface area contributed by atoms with Crippen LogP contribution in [0, 0.1) is 0 Å². The van der Waals surface area contributed by atoms with Gasteiger partial charge in [-0.1, -0.05) is 13.8 Å². The maximum Gasteiger partial charge on any atom is 0.182 e. The molecule has 0 spiro atoms. The van der Waals surface area contributed by atoms with Crippen molar-refractivity contribution < 1.29 is 4.74 Å². The van der Waals surface area contributed by atoms with E-state index in [4.69, 9.17) is 4.74 Å². The highest BCUT2D eigenvalue weighted by molar-refractivity contribution is 5.04. The molecule has 2 heterocycles. The Balaban J connectivity index is 2.23. The fourth-order valence-corrected chi connectivity index (χ4v) is 1.72. The highest BCUT2D eigenvalue weighted by atomic mass is 16.5. The minimum Gasteiger partial charge on any atom is -0.367 e. The summed E-state index contributed by atoms with van der Waals surface area (Å²) in [5.41, 5.74) is -0.260. The van der Waals surface area contributed by atoms with Gasteiger partial charge in [0.2, 0.25) is 0 Å². The summed E-state index contributed by atoms with van der Waals surface area (Å²) < 4.78 is 5.67. The van der Waals surface area contributed by atoms with Gasteiger partial charge in [0.05, 0.1) is 0 Å². The molecule has 1 aliphatic heterocycles. The van der Waals surface area contributed by atoms with Crippen LogP contribution in [0.1, 0.15) is 51.2 Å². The Labute approximate surface area is 84.1 Å². The number of hydrogen-bond acceptors (Lipinski definition) is 3. The van der Waals surface area contributed by atoms with Crippen LogP contribution >= 0.6 is 0 Å². The molecule has 1 saturated heterocycles. The van der Waals surface area contributed by atoms with E-state index in [9.17, 15) is 0 Å². The van der Waals surface area contributed by atoms with Crippen LogP contribution < -0.4 is 0 Å². The first-order valence-electron chi connectivity index (χ1n) is 5.18. The van der Waals surface area contributed by atoms with Gasteiger partial charge in [-0.2, -0.15) is 5.10 Å². The lowest BCUT2D eigenvalue weighted by Gasteiger charge is -2.18. The van der Waals surface area contributed by atoms with Crippen molar-refractivity contribution in [1.29, 1.82) is 0 Å². The summed E-state index contributed by atoms with van der Waals surface area (Å²) in [5, 5.41) is 7.20. The molecule has 1 aliphatic rings. The average Bonchev–Trinajstić information content (AvgIpc) is 2.71. The summed E-state index contributed by atoms with van der Waals surface area (Å²) in [5.74, 6) is 2.14. The van der Waals surface area contributed by atoms with Crippen molar-refractivity contribution in [3.63, 3.8) is 0 Å². The normalized spacial score (nSPS) is 27.4. The van der Waals surface area contributed by atoms with E-state index in [0.29, 0.717) is 5.92 Å². The van der Waals surface area contributed by atoms with Gasteiger partial charge in [-0.3, -0.25) is 5.10 Å². The summed E-state index contributed by atoms with van der Waals surface area (Å²) in [6.45, 7) is 7.08. The van der Waals surface area contributed by atoms with E-state index in [1.807, 2.05) is 0 Å². The summed E-state index contributed by atoms with van der Waals surface area (Å²) in [7, 11) is 0. The van der Waals surface area contributed by atoms with Crippen LogP contribution in [0.25, 0.3) is 0 Å². The molecule has 14 heavy (non-hydrogen) atoms. The Hall–Kier alpha value is -0.900. The van der Waals surface area contributed by atoms with Gasteiger partial charge in [-0.05, 0) is 19.8 Å². The number of ether oxygens (including phenoxy) is 1. The SMILES string of the molecule is CC(C)c1nc(C2(C)CCCO2)n[nH]1. The van der Waals surface area contributed by atoms with E-state index in [-0.39, 0.29) is 5.60 Å². The Bertz CT molecular complexity index is 313. The van der Waals surface area contributed by atoms with E-state index in [1.54, 1.807) is 0 Å². The third-order valence-corrected chi connectivity index (χ3v) is 2.74. The lowest BCUT2D eigenvalue weighted by molar-refractivity contribution is 0.00958. The summed E-state index contributed by atoms with van der Waals surface area (Å²) in [4.78, 5) is 4.47. The zero-order valence-electron chi connectivity index (χ0n) is 9.00. The average molecular weight is 195 g/mol. The molecule has 78 valence electrons. The Kier molecular flexibility index (Phi) is 2.31. The molecule has 0 bridgehead atoms. The molecule has 4 heteroatoms. The zero-order valence-corrected chi connectivity index (χ0v) is 9.00. The highest BCUT2D eigenvalue weighted by Gasteiger charge is 2.35. The molecular formula is C10H17N3O. The molecule has 1 aromatic heterocycles. The highest BCUT2D eigenvalue weighted by Crippen LogP contribution is 2.33. The molecule has 0 aliphatic carbocycles. The second-order valence-corrected chi connectivity index (χ2v) is 4.38. The van der Waals surface area contributed by atoms with Crippen molar-refractivity contribution >= 4 is 0 Å². The van der Waals surface area contributed by atoms with Crippen molar-refractivity contribution in [2.45, 2.75) is 45.1 Å². The van der Waals surface area contributed by atoms with Crippen LogP contribution in [-0.4, -0.2) is 21.8 Å². The molecule has 1 N–H and O–H groups in total. The number of H-pyrrole nitrogens is 1.